The van der Waals surface area contributed by atoms with Crippen molar-refractivity contribution in [2.24, 2.45) is 5.92 Å². The van der Waals surface area contributed by atoms with Crippen LogP contribution in [0.5, 0.6) is 11.5 Å². The van der Waals surface area contributed by atoms with Gasteiger partial charge in [-0.15, -0.1) is 0 Å². The molecule has 0 aromatic heterocycles. The summed E-state index contributed by atoms with van der Waals surface area (Å²) in [5, 5.41) is 0. The summed E-state index contributed by atoms with van der Waals surface area (Å²) >= 11 is 6.80. The average molecular weight is 378 g/mol. The standard InChI is InChI=1S/C19H23NO3S2/c1-22-15-8-7-14(11-16(15)23-2)12-17-18(21)20(19(24)25-17)10-9-13-5-3-4-6-13/h7-8,11-13H,3-6,9-10H2,1-2H3. The molecular weight excluding hydrogens is 354 g/mol. The molecule has 134 valence electrons. The summed E-state index contributed by atoms with van der Waals surface area (Å²) in [7, 11) is 3.21. The Labute approximate surface area is 158 Å². The lowest BCUT2D eigenvalue weighted by atomic mass is 10.0. The lowest BCUT2D eigenvalue weighted by Crippen LogP contribution is -2.30. The number of rotatable bonds is 6. The van der Waals surface area contributed by atoms with Crippen LogP contribution in [0.15, 0.2) is 23.1 Å². The molecule has 0 unspecified atom stereocenters. The molecule has 4 nitrogen and oxygen atoms in total. The number of thiocarbonyl (C=S) groups is 1. The molecule has 1 aromatic rings. The van der Waals surface area contributed by atoms with E-state index in [1.54, 1.807) is 19.1 Å². The van der Waals surface area contributed by atoms with Crippen LogP contribution in [0.4, 0.5) is 0 Å². The van der Waals surface area contributed by atoms with E-state index in [1.165, 1.54) is 37.4 Å². The highest BCUT2D eigenvalue weighted by molar-refractivity contribution is 8.26. The van der Waals surface area contributed by atoms with Crippen molar-refractivity contribution in [3.8, 4) is 11.5 Å². The third-order valence-electron chi connectivity index (χ3n) is 4.81. The lowest BCUT2D eigenvalue weighted by molar-refractivity contribution is -0.122. The molecule has 0 bridgehead atoms. The fourth-order valence-electron chi connectivity index (χ4n) is 3.40. The second kappa shape index (κ2) is 8.23. The molecule has 0 atom stereocenters. The van der Waals surface area contributed by atoms with E-state index in [1.807, 2.05) is 24.3 Å². The molecule has 0 spiro atoms. The van der Waals surface area contributed by atoms with Crippen LogP contribution in [-0.4, -0.2) is 35.9 Å². The van der Waals surface area contributed by atoms with E-state index in [0.29, 0.717) is 20.7 Å². The van der Waals surface area contributed by atoms with Crippen molar-refractivity contribution in [2.45, 2.75) is 32.1 Å². The number of carbonyl (C=O) groups is 1. The van der Waals surface area contributed by atoms with Crippen LogP contribution in [0.1, 0.15) is 37.7 Å². The van der Waals surface area contributed by atoms with E-state index >= 15 is 0 Å². The molecule has 6 heteroatoms. The van der Waals surface area contributed by atoms with Crippen molar-refractivity contribution in [1.82, 2.24) is 4.90 Å². The van der Waals surface area contributed by atoms with Crippen LogP contribution < -0.4 is 9.47 Å². The predicted molar refractivity (Wildman–Crippen MR) is 106 cm³/mol. The van der Waals surface area contributed by atoms with Gasteiger partial charge in [0.1, 0.15) is 4.32 Å². The maximum atomic E-state index is 12.7. The molecule has 1 saturated carbocycles. The van der Waals surface area contributed by atoms with E-state index in [9.17, 15) is 4.79 Å². The molecule has 25 heavy (non-hydrogen) atoms. The minimum absolute atomic E-state index is 0.0165. The molecule has 0 N–H and O–H groups in total. The zero-order valence-electron chi connectivity index (χ0n) is 14.6. The van der Waals surface area contributed by atoms with Crippen LogP contribution in [0.25, 0.3) is 6.08 Å². The molecule has 3 rings (SSSR count). The van der Waals surface area contributed by atoms with Gasteiger partial charge in [0, 0.05) is 6.54 Å². The Morgan fingerprint density at radius 2 is 1.96 bits per heavy atom. The van der Waals surface area contributed by atoms with Crippen LogP contribution in [-0.2, 0) is 4.79 Å². The molecule has 0 radical (unpaired) electrons. The first-order valence-corrected chi connectivity index (χ1v) is 9.82. The summed E-state index contributed by atoms with van der Waals surface area (Å²) in [6.07, 6.45) is 8.14. The van der Waals surface area contributed by atoms with Gasteiger partial charge >= 0.3 is 0 Å². The van der Waals surface area contributed by atoms with E-state index < -0.39 is 0 Å². The number of thioether (sulfide) groups is 1. The summed E-state index contributed by atoms with van der Waals surface area (Å²) in [6.45, 7) is 0.735. The van der Waals surface area contributed by atoms with Crippen molar-refractivity contribution in [3.63, 3.8) is 0 Å². The second-order valence-corrected chi connectivity index (χ2v) is 8.06. The Bertz CT molecular complexity index is 696. The van der Waals surface area contributed by atoms with Crippen LogP contribution in [0.3, 0.4) is 0 Å². The largest absolute Gasteiger partial charge is 0.493 e. The molecule has 2 fully saturated rings. The van der Waals surface area contributed by atoms with Crippen molar-refractivity contribution < 1.29 is 14.3 Å². The first-order valence-electron chi connectivity index (χ1n) is 8.59. The molecule has 2 aliphatic rings. The maximum Gasteiger partial charge on any atom is 0.266 e. The van der Waals surface area contributed by atoms with Gasteiger partial charge < -0.3 is 9.47 Å². The number of methoxy groups -OCH3 is 2. The molecule has 1 aliphatic carbocycles. The Morgan fingerprint density at radius 1 is 1.24 bits per heavy atom. The highest BCUT2D eigenvalue weighted by Gasteiger charge is 2.32. The zero-order valence-corrected chi connectivity index (χ0v) is 16.3. The van der Waals surface area contributed by atoms with Crippen LogP contribution in [0, 0.1) is 5.92 Å². The van der Waals surface area contributed by atoms with Crippen molar-refractivity contribution in [1.29, 1.82) is 0 Å². The number of nitrogens with zero attached hydrogens (tertiary/aromatic N) is 1. The number of benzene rings is 1. The van der Waals surface area contributed by atoms with Gasteiger partial charge in [-0.3, -0.25) is 9.69 Å². The first-order chi connectivity index (χ1) is 12.1. The molecule has 1 saturated heterocycles. The summed E-state index contributed by atoms with van der Waals surface area (Å²) < 4.78 is 11.2. The van der Waals surface area contributed by atoms with E-state index in [4.69, 9.17) is 21.7 Å². The van der Waals surface area contributed by atoms with Gasteiger partial charge in [-0.25, -0.2) is 0 Å². The highest BCUT2D eigenvalue weighted by atomic mass is 32.2. The summed E-state index contributed by atoms with van der Waals surface area (Å²) in [4.78, 5) is 15.1. The third kappa shape index (κ3) is 4.18. The normalized spacial score (nSPS) is 19.9. The number of amides is 1. The SMILES string of the molecule is COc1ccc(C=C2SC(=S)N(CCC3CCCC3)C2=O)cc1OC. The van der Waals surface area contributed by atoms with E-state index in [2.05, 4.69) is 0 Å². The van der Waals surface area contributed by atoms with Crippen molar-refractivity contribution in [3.05, 3.63) is 28.7 Å². The number of hydrogen-bond acceptors (Lipinski definition) is 5. The van der Waals surface area contributed by atoms with Crippen LogP contribution >= 0.6 is 24.0 Å². The fourth-order valence-corrected chi connectivity index (χ4v) is 4.71. The van der Waals surface area contributed by atoms with Gasteiger partial charge in [-0.1, -0.05) is 55.7 Å². The lowest BCUT2D eigenvalue weighted by Gasteiger charge is -2.17. The third-order valence-corrected chi connectivity index (χ3v) is 6.19. The Balaban J connectivity index is 1.71. The molecular formula is C19H23NO3S2. The van der Waals surface area contributed by atoms with Gasteiger partial charge in [0.15, 0.2) is 11.5 Å². The number of ether oxygens (including phenoxy) is 2. The first kappa shape index (κ1) is 18.3. The predicted octanol–water partition coefficient (Wildman–Crippen LogP) is 4.49. The minimum Gasteiger partial charge on any atom is -0.493 e. The van der Waals surface area contributed by atoms with E-state index in [-0.39, 0.29) is 5.91 Å². The summed E-state index contributed by atoms with van der Waals surface area (Å²) in [5.74, 6) is 2.08. The Morgan fingerprint density at radius 3 is 2.64 bits per heavy atom. The monoisotopic (exact) mass is 377 g/mol. The summed E-state index contributed by atoms with van der Waals surface area (Å²) in [6, 6.07) is 5.61. The number of hydrogen-bond donors (Lipinski definition) is 0. The van der Waals surface area contributed by atoms with Crippen molar-refractivity contribution >= 4 is 40.3 Å². The maximum absolute atomic E-state index is 12.7. The fraction of sp³-hybridized carbons (Fsp3) is 0.474. The van der Waals surface area contributed by atoms with Gasteiger partial charge in [0.05, 0.1) is 19.1 Å². The molecule has 1 heterocycles. The Kier molecular flexibility index (Phi) is 6.02. The molecule has 1 aliphatic heterocycles. The van der Waals surface area contributed by atoms with Gasteiger partial charge in [0.25, 0.3) is 5.91 Å². The van der Waals surface area contributed by atoms with Crippen LogP contribution in [0.2, 0.25) is 0 Å². The zero-order chi connectivity index (χ0) is 17.8. The Hall–Kier alpha value is -1.53. The smallest absolute Gasteiger partial charge is 0.266 e. The highest BCUT2D eigenvalue weighted by Crippen LogP contribution is 2.36. The van der Waals surface area contributed by atoms with Gasteiger partial charge in [-0.2, -0.15) is 0 Å². The van der Waals surface area contributed by atoms with Crippen molar-refractivity contribution in [2.75, 3.05) is 20.8 Å². The quantitative estimate of drug-likeness (QED) is 0.540. The van der Waals surface area contributed by atoms with E-state index in [0.717, 1.165) is 24.4 Å². The topological polar surface area (TPSA) is 38.8 Å². The second-order valence-electron chi connectivity index (χ2n) is 6.39. The average Bonchev–Trinajstić information content (AvgIpc) is 3.22. The minimum atomic E-state index is 0.0165. The molecule has 1 amide bonds. The summed E-state index contributed by atoms with van der Waals surface area (Å²) in [5.41, 5.74) is 0.897. The van der Waals surface area contributed by atoms with Gasteiger partial charge in [-0.05, 0) is 36.1 Å². The number of carbonyl (C=O) groups excluding carboxylic acids is 1. The van der Waals surface area contributed by atoms with Gasteiger partial charge in [0.2, 0.25) is 0 Å². The molecule has 1 aromatic carbocycles.